The van der Waals surface area contributed by atoms with E-state index in [4.69, 9.17) is 0 Å². The van der Waals surface area contributed by atoms with Crippen LogP contribution in [0.15, 0.2) is 46.0 Å². The standard InChI is InChI=1S/C15H12BrN3O2/c1-8-9(2)15(21)19(14(8)20)18-13-6-4-10-3-5-11(16)7-12(10)17-13/h3-7H,1-2H3,(H,17,18). The monoisotopic (exact) mass is 345 g/mol. The van der Waals surface area contributed by atoms with Gasteiger partial charge in [0.05, 0.1) is 5.52 Å². The zero-order chi connectivity index (χ0) is 15.1. The second kappa shape index (κ2) is 4.96. The summed E-state index contributed by atoms with van der Waals surface area (Å²) >= 11 is 3.39. The van der Waals surface area contributed by atoms with Crippen LogP contribution in [0.3, 0.4) is 0 Å². The molecule has 2 amide bonds. The molecule has 0 bridgehead atoms. The maximum atomic E-state index is 12.0. The van der Waals surface area contributed by atoms with Crippen molar-refractivity contribution in [2.24, 2.45) is 0 Å². The summed E-state index contributed by atoms with van der Waals surface area (Å²) in [5.41, 5.74) is 4.46. The summed E-state index contributed by atoms with van der Waals surface area (Å²) in [6.07, 6.45) is 0. The predicted molar refractivity (Wildman–Crippen MR) is 83.3 cm³/mol. The van der Waals surface area contributed by atoms with Crippen LogP contribution in [-0.2, 0) is 9.59 Å². The molecule has 1 aromatic heterocycles. The first-order valence-electron chi connectivity index (χ1n) is 6.36. The molecule has 0 aliphatic carbocycles. The first kappa shape index (κ1) is 13.8. The fraction of sp³-hybridized carbons (Fsp3) is 0.133. The minimum Gasteiger partial charge on any atom is -0.271 e. The van der Waals surface area contributed by atoms with Gasteiger partial charge in [-0.25, -0.2) is 4.98 Å². The van der Waals surface area contributed by atoms with Crippen molar-refractivity contribution in [3.8, 4) is 0 Å². The molecule has 1 aromatic carbocycles. The van der Waals surface area contributed by atoms with Gasteiger partial charge >= 0.3 is 0 Å². The number of imide groups is 1. The summed E-state index contributed by atoms with van der Waals surface area (Å²) in [5, 5.41) is 1.98. The highest BCUT2D eigenvalue weighted by Crippen LogP contribution is 2.23. The zero-order valence-corrected chi connectivity index (χ0v) is 13.1. The van der Waals surface area contributed by atoms with Crippen molar-refractivity contribution in [2.75, 3.05) is 5.43 Å². The molecule has 3 rings (SSSR count). The van der Waals surface area contributed by atoms with Gasteiger partial charge in [0.1, 0.15) is 5.82 Å². The molecule has 0 atom stereocenters. The van der Waals surface area contributed by atoms with E-state index in [-0.39, 0.29) is 11.8 Å². The van der Waals surface area contributed by atoms with E-state index in [1.807, 2.05) is 24.3 Å². The Morgan fingerprint density at radius 1 is 1.05 bits per heavy atom. The van der Waals surface area contributed by atoms with Gasteiger partial charge in [-0.15, -0.1) is 0 Å². The van der Waals surface area contributed by atoms with Crippen molar-refractivity contribution in [3.05, 3.63) is 46.0 Å². The lowest BCUT2D eigenvalue weighted by atomic mass is 10.2. The van der Waals surface area contributed by atoms with Crippen LogP contribution in [0.1, 0.15) is 13.8 Å². The zero-order valence-electron chi connectivity index (χ0n) is 11.5. The highest BCUT2D eigenvalue weighted by Gasteiger charge is 2.33. The number of carbonyl (C=O) groups excluding carboxylic acids is 2. The molecule has 1 N–H and O–H groups in total. The fourth-order valence-corrected chi connectivity index (χ4v) is 2.47. The number of hydrogen-bond acceptors (Lipinski definition) is 4. The number of fused-ring (bicyclic) bond motifs is 1. The number of hydrogen-bond donors (Lipinski definition) is 1. The fourth-order valence-electron chi connectivity index (χ4n) is 2.12. The quantitative estimate of drug-likeness (QED) is 0.849. The Balaban J connectivity index is 1.93. The van der Waals surface area contributed by atoms with Gasteiger partial charge in [0, 0.05) is 21.0 Å². The second-order valence-corrected chi connectivity index (χ2v) is 5.76. The minimum atomic E-state index is -0.339. The molecule has 6 heteroatoms. The highest BCUT2D eigenvalue weighted by molar-refractivity contribution is 9.10. The van der Waals surface area contributed by atoms with Crippen LogP contribution in [0.25, 0.3) is 10.9 Å². The Morgan fingerprint density at radius 3 is 2.33 bits per heavy atom. The molecule has 106 valence electrons. The van der Waals surface area contributed by atoms with E-state index in [1.54, 1.807) is 19.9 Å². The Kier molecular flexibility index (Phi) is 3.25. The number of nitrogens with zero attached hydrogens (tertiary/aromatic N) is 2. The average molecular weight is 346 g/mol. The number of pyridine rings is 1. The molecule has 0 spiro atoms. The van der Waals surface area contributed by atoms with E-state index in [1.165, 1.54) is 0 Å². The Morgan fingerprint density at radius 2 is 1.67 bits per heavy atom. The number of rotatable bonds is 2. The average Bonchev–Trinajstić information content (AvgIpc) is 2.65. The number of hydrazine groups is 1. The SMILES string of the molecule is CC1=C(C)C(=O)N(Nc2ccc3ccc(Br)cc3n2)C1=O. The smallest absolute Gasteiger partial charge is 0.271 e. The number of halogens is 1. The third kappa shape index (κ3) is 2.31. The van der Waals surface area contributed by atoms with Crippen molar-refractivity contribution in [3.63, 3.8) is 0 Å². The molecule has 0 saturated heterocycles. The summed E-state index contributed by atoms with van der Waals surface area (Å²) in [6, 6.07) is 9.37. The number of carbonyl (C=O) groups is 2. The highest BCUT2D eigenvalue weighted by atomic mass is 79.9. The van der Waals surface area contributed by atoms with Crippen molar-refractivity contribution >= 4 is 44.5 Å². The van der Waals surface area contributed by atoms with Crippen molar-refractivity contribution in [1.82, 2.24) is 9.99 Å². The van der Waals surface area contributed by atoms with E-state index in [0.717, 1.165) is 20.4 Å². The number of amides is 2. The maximum absolute atomic E-state index is 12.0. The summed E-state index contributed by atoms with van der Waals surface area (Å²) in [5.74, 6) is -0.230. The molecule has 0 saturated carbocycles. The topological polar surface area (TPSA) is 62.3 Å². The molecule has 1 aliphatic rings. The number of benzene rings is 1. The molecular formula is C15H12BrN3O2. The van der Waals surface area contributed by atoms with Crippen LogP contribution in [-0.4, -0.2) is 21.8 Å². The van der Waals surface area contributed by atoms with Crippen molar-refractivity contribution in [1.29, 1.82) is 0 Å². The van der Waals surface area contributed by atoms with E-state index in [0.29, 0.717) is 17.0 Å². The predicted octanol–water partition coefficient (Wildman–Crippen LogP) is 3.03. The Bertz CT molecular complexity index is 790. The van der Waals surface area contributed by atoms with E-state index >= 15 is 0 Å². The van der Waals surface area contributed by atoms with Crippen LogP contribution in [0.5, 0.6) is 0 Å². The Labute approximate surface area is 129 Å². The molecule has 1 aliphatic heterocycles. The van der Waals surface area contributed by atoms with Gasteiger partial charge in [0.25, 0.3) is 11.8 Å². The normalized spacial score (nSPS) is 15.3. The van der Waals surface area contributed by atoms with Crippen LogP contribution >= 0.6 is 15.9 Å². The Hall–Kier alpha value is -2.21. The first-order chi connectivity index (χ1) is 9.97. The van der Waals surface area contributed by atoms with Gasteiger partial charge in [-0.2, -0.15) is 5.01 Å². The van der Waals surface area contributed by atoms with Crippen LogP contribution in [0, 0.1) is 0 Å². The van der Waals surface area contributed by atoms with E-state index in [9.17, 15) is 9.59 Å². The summed E-state index contributed by atoms with van der Waals surface area (Å²) in [4.78, 5) is 28.4. The van der Waals surface area contributed by atoms with Gasteiger partial charge in [-0.05, 0) is 38.1 Å². The number of anilines is 1. The lowest BCUT2D eigenvalue weighted by Crippen LogP contribution is -2.37. The van der Waals surface area contributed by atoms with Crippen molar-refractivity contribution < 1.29 is 9.59 Å². The number of aromatic nitrogens is 1. The molecule has 0 radical (unpaired) electrons. The van der Waals surface area contributed by atoms with Gasteiger partial charge in [-0.3, -0.25) is 15.0 Å². The molecule has 21 heavy (non-hydrogen) atoms. The van der Waals surface area contributed by atoms with E-state index < -0.39 is 0 Å². The maximum Gasteiger partial charge on any atom is 0.275 e. The minimum absolute atomic E-state index is 0.339. The number of nitrogens with one attached hydrogen (secondary N) is 1. The van der Waals surface area contributed by atoms with Gasteiger partial charge in [-0.1, -0.05) is 22.0 Å². The van der Waals surface area contributed by atoms with Crippen LogP contribution in [0.2, 0.25) is 0 Å². The second-order valence-electron chi connectivity index (χ2n) is 4.84. The molecule has 5 nitrogen and oxygen atoms in total. The summed E-state index contributed by atoms with van der Waals surface area (Å²) in [7, 11) is 0. The molecule has 2 heterocycles. The van der Waals surface area contributed by atoms with Gasteiger partial charge < -0.3 is 0 Å². The third-order valence-electron chi connectivity index (χ3n) is 3.49. The molecule has 0 unspecified atom stereocenters. The largest absolute Gasteiger partial charge is 0.275 e. The lowest BCUT2D eigenvalue weighted by Gasteiger charge is -2.16. The summed E-state index contributed by atoms with van der Waals surface area (Å²) in [6.45, 7) is 3.28. The van der Waals surface area contributed by atoms with Crippen molar-refractivity contribution in [2.45, 2.75) is 13.8 Å². The molecule has 2 aromatic rings. The molecular weight excluding hydrogens is 334 g/mol. The molecule has 0 fully saturated rings. The van der Waals surface area contributed by atoms with Gasteiger partial charge in [0.2, 0.25) is 0 Å². The van der Waals surface area contributed by atoms with E-state index in [2.05, 4.69) is 26.3 Å². The first-order valence-corrected chi connectivity index (χ1v) is 7.16. The third-order valence-corrected chi connectivity index (χ3v) is 3.98. The van der Waals surface area contributed by atoms with Crippen LogP contribution in [0.4, 0.5) is 5.82 Å². The van der Waals surface area contributed by atoms with Gasteiger partial charge in [0.15, 0.2) is 0 Å². The summed E-state index contributed by atoms with van der Waals surface area (Å²) < 4.78 is 0.918. The lowest BCUT2D eigenvalue weighted by molar-refractivity contribution is -0.135. The van der Waals surface area contributed by atoms with Crippen LogP contribution < -0.4 is 5.43 Å².